The van der Waals surface area contributed by atoms with Crippen LogP contribution in [0.25, 0.3) is 0 Å². The van der Waals surface area contributed by atoms with Crippen molar-refractivity contribution < 1.29 is 14.0 Å². The molecule has 4 heteroatoms. The number of esters is 1. The lowest BCUT2D eigenvalue weighted by Gasteiger charge is -2.39. The van der Waals surface area contributed by atoms with Gasteiger partial charge in [0, 0.05) is 5.41 Å². The third kappa shape index (κ3) is 2.48. The van der Waals surface area contributed by atoms with Crippen molar-refractivity contribution in [3.05, 3.63) is 0 Å². The molecule has 1 aliphatic heterocycles. The molecule has 0 aromatic heterocycles. The van der Waals surface area contributed by atoms with Gasteiger partial charge in [0.05, 0.1) is 6.61 Å². The number of carbonyl (C=O) groups excluding carboxylic acids is 1. The fourth-order valence-corrected chi connectivity index (χ4v) is 2.76. The Labute approximate surface area is 99.6 Å². The van der Waals surface area contributed by atoms with Crippen LogP contribution in [0.2, 0.25) is 18.1 Å². The molecule has 0 spiro atoms. The van der Waals surface area contributed by atoms with Gasteiger partial charge in [0.1, 0.15) is 0 Å². The van der Waals surface area contributed by atoms with Crippen LogP contribution in [0.5, 0.6) is 0 Å². The predicted octanol–water partition coefficient (Wildman–Crippen LogP) is 2.96. The summed E-state index contributed by atoms with van der Waals surface area (Å²) in [6, 6.07) is 0. The average Bonchev–Trinajstić information content (AvgIpc) is 2.29. The minimum Gasteiger partial charge on any atom is -0.463 e. The maximum atomic E-state index is 11.7. The highest BCUT2D eigenvalue weighted by atomic mass is 28.4. The van der Waals surface area contributed by atoms with E-state index in [4.69, 9.17) is 9.16 Å². The molecule has 0 amide bonds. The highest BCUT2D eigenvalue weighted by molar-refractivity contribution is 6.74. The molecule has 0 aromatic rings. The molecule has 0 aliphatic carbocycles. The first-order valence-corrected chi connectivity index (χ1v) is 8.73. The van der Waals surface area contributed by atoms with Gasteiger partial charge in [-0.3, -0.25) is 0 Å². The van der Waals surface area contributed by atoms with Gasteiger partial charge in [0.25, 0.3) is 0 Å². The number of hydrogen-bond donors (Lipinski definition) is 0. The molecule has 1 fully saturated rings. The molecule has 16 heavy (non-hydrogen) atoms. The number of carbonyl (C=O) groups is 1. The van der Waals surface area contributed by atoms with Gasteiger partial charge in [0.15, 0.2) is 14.4 Å². The number of cyclic esters (lactones) is 1. The van der Waals surface area contributed by atoms with Gasteiger partial charge >= 0.3 is 5.97 Å². The molecular weight excluding hydrogens is 220 g/mol. The van der Waals surface area contributed by atoms with Crippen molar-refractivity contribution in [3.63, 3.8) is 0 Å². The van der Waals surface area contributed by atoms with Crippen LogP contribution in [0.1, 0.15) is 34.6 Å². The van der Waals surface area contributed by atoms with Crippen LogP contribution in [-0.4, -0.2) is 27.0 Å². The monoisotopic (exact) mass is 244 g/mol. The van der Waals surface area contributed by atoms with Gasteiger partial charge < -0.3 is 9.16 Å². The van der Waals surface area contributed by atoms with Crippen molar-refractivity contribution in [2.24, 2.45) is 5.41 Å². The predicted molar refractivity (Wildman–Crippen MR) is 66.8 cm³/mol. The normalized spacial score (nSPS) is 25.7. The Hall–Kier alpha value is -0.353. The topological polar surface area (TPSA) is 35.5 Å². The quantitative estimate of drug-likeness (QED) is 0.553. The lowest BCUT2D eigenvalue weighted by atomic mass is 9.90. The summed E-state index contributed by atoms with van der Waals surface area (Å²) in [5.41, 5.74) is -0.202. The summed E-state index contributed by atoms with van der Waals surface area (Å²) >= 11 is 0. The van der Waals surface area contributed by atoms with Crippen LogP contribution in [0.3, 0.4) is 0 Å². The van der Waals surface area contributed by atoms with Crippen LogP contribution < -0.4 is 0 Å². The highest BCUT2D eigenvalue weighted by Crippen LogP contribution is 2.41. The second-order valence-electron chi connectivity index (χ2n) is 6.85. The molecular formula is C12H24O3Si. The summed E-state index contributed by atoms with van der Waals surface area (Å²) in [7, 11) is -1.90. The maximum absolute atomic E-state index is 11.7. The fraction of sp³-hybridized carbons (Fsp3) is 0.917. The maximum Gasteiger partial charge on any atom is 0.334 e. The third-order valence-electron chi connectivity index (χ3n) is 3.73. The first-order valence-electron chi connectivity index (χ1n) is 5.82. The van der Waals surface area contributed by atoms with Gasteiger partial charge in [-0.2, -0.15) is 0 Å². The minimum absolute atomic E-state index is 0.117. The Morgan fingerprint density at radius 2 is 1.88 bits per heavy atom. The molecule has 1 unspecified atom stereocenters. The van der Waals surface area contributed by atoms with E-state index >= 15 is 0 Å². The van der Waals surface area contributed by atoms with Gasteiger partial charge in [-0.1, -0.05) is 34.6 Å². The summed E-state index contributed by atoms with van der Waals surface area (Å²) in [6.07, 6.45) is -0.395. The molecule has 0 radical (unpaired) electrons. The second kappa shape index (κ2) is 3.84. The van der Waals surface area contributed by atoms with E-state index in [0.29, 0.717) is 6.61 Å². The molecule has 3 nitrogen and oxygen atoms in total. The Morgan fingerprint density at radius 1 is 1.38 bits per heavy atom. The second-order valence-corrected chi connectivity index (χ2v) is 11.6. The number of rotatable bonds is 2. The van der Waals surface area contributed by atoms with Crippen LogP contribution in [0.4, 0.5) is 0 Å². The summed E-state index contributed by atoms with van der Waals surface area (Å²) in [6.45, 7) is 15.4. The first kappa shape index (κ1) is 13.7. The van der Waals surface area contributed by atoms with Crippen LogP contribution in [0.15, 0.2) is 0 Å². The van der Waals surface area contributed by atoms with E-state index in [1.54, 1.807) is 0 Å². The number of ether oxygens (including phenoxy) is 1. The van der Waals surface area contributed by atoms with Gasteiger partial charge in [0.2, 0.25) is 0 Å². The molecule has 0 saturated carbocycles. The summed E-state index contributed by atoms with van der Waals surface area (Å²) < 4.78 is 11.3. The van der Waals surface area contributed by atoms with Crippen molar-refractivity contribution in [1.29, 1.82) is 0 Å². The van der Waals surface area contributed by atoms with Crippen molar-refractivity contribution in [2.45, 2.75) is 58.9 Å². The summed E-state index contributed by atoms with van der Waals surface area (Å²) in [5.74, 6) is -0.199. The van der Waals surface area contributed by atoms with E-state index in [1.165, 1.54) is 0 Å². The molecule has 1 saturated heterocycles. The molecule has 0 N–H and O–H groups in total. The molecule has 1 rings (SSSR count). The Balaban J connectivity index is 2.85. The van der Waals surface area contributed by atoms with Gasteiger partial charge in [-0.25, -0.2) is 4.79 Å². The average molecular weight is 244 g/mol. The van der Waals surface area contributed by atoms with E-state index in [-0.39, 0.29) is 16.4 Å². The zero-order chi connectivity index (χ0) is 12.8. The zero-order valence-electron chi connectivity index (χ0n) is 11.5. The molecule has 1 heterocycles. The SMILES string of the molecule is CC1(C)COC(=O)C1O[Si](C)(C)C(C)(C)C. The van der Waals surface area contributed by atoms with E-state index in [9.17, 15) is 4.79 Å². The lowest BCUT2D eigenvalue weighted by molar-refractivity contribution is -0.144. The fourth-order valence-electron chi connectivity index (χ4n) is 1.41. The number of hydrogen-bond acceptors (Lipinski definition) is 3. The molecule has 1 atom stereocenters. The van der Waals surface area contributed by atoms with Crippen molar-refractivity contribution in [2.75, 3.05) is 6.61 Å². The molecule has 0 bridgehead atoms. The van der Waals surface area contributed by atoms with E-state index < -0.39 is 14.4 Å². The summed E-state index contributed by atoms with van der Waals surface area (Å²) in [4.78, 5) is 11.7. The minimum atomic E-state index is -1.90. The standard InChI is InChI=1S/C12H24O3Si/c1-11(2,3)16(6,7)15-9-10(13)14-8-12(9,4)5/h9H,8H2,1-7H3. The van der Waals surface area contributed by atoms with E-state index in [1.807, 2.05) is 13.8 Å². The molecule has 1 aliphatic rings. The summed E-state index contributed by atoms with van der Waals surface area (Å²) in [5, 5.41) is 0.117. The van der Waals surface area contributed by atoms with E-state index in [0.717, 1.165) is 0 Å². The Kier molecular flexibility index (Phi) is 3.29. The van der Waals surface area contributed by atoms with Gasteiger partial charge in [-0.15, -0.1) is 0 Å². The van der Waals surface area contributed by atoms with Crippen molar-refractivity contribution in [1.82, 2.24) is 0 Å². The highest BCUT2D eigenvalue weighted by Gasteiger charge is 2.50. The third-order valence-corrected chi connectivity index (χ3v) is 8.17. The smallest absolute Gasteiger partial charge is 0.334 e. The zero-order valence-corrected chi connectivity index (χ0v) is 12.5. The van der Waals surface area contributed by atoms with Crippen LogP contribution >= 0.6 is 0 Å². The van der Waals surface area contributed by atoms with Gasteiger partial charge in [-0.05, 0) is 18.1 Å². The van der Waals surface area contributed by atoms with Crippen LogP contribution in [0, 0.1) is 5.41 Å². The molecule has 0 aromatic carbocycles. The van der Waals surface area contributed by atoms with Crippen molar-refractivity contribution in [3.8, 4) is 0 Å². The Morgan fingerprint density at radius 3 is 2.19 bits per heavy atom. The lowest BCUT2D eigenvalue weighted by Crippen LogP contribution is -2.48. The largest absolute Gasteiger partial charge is 0.463 e. The Bertz CT molecular complexity index is 289. The molecule has 94 valence electrons. The van der Waals surface area contributed by atoms with Crippen molar-refractivity contribution >= 4 is 14.3 Å². The van der Waals surface area contributed by atoms with Crippen LogP contribution in [-0.2, 0) is 14.0 Å². The van der Waals surface area contributed by atoms with E-state index in [2.05, 4.69) is 33.9 Å². The first-order chi connectivity index (χ1) is 6.97.